The molecule has 3 heterocycles. The molecule has 0 aliphatic heterocycles. The van der Waals surface area contributed by atoms with Gasteiger partial charge in [-0.1, -0.05) is 29.3 Å². The van der Waals surface area contributed by atoms with Crippen molar-refractivity contribution in [3.8, 4) is 0 Å². The molecule has 0 unspecified atom stereocenters. The number of amides is 1. The van der Waals surface area contributed by atoms with Crippen LogP contribution in [0.2, 0.25) is 10.0 Å². The SMILES string of the molecule is O=C(Nc1cnn(Cc2ccccn2)c1)c1cc(C(=O)c2c(Cl)ccc(Cl)c2F)c[nH]1. The minimum absolute atomic E-state index is 0.0686. The summed E-state index contributed by atoms with van der Waals surface area (Å²) in [7, 11) is 0. The van der Waals surface area contributed by atoms with E-state index in [1.54, 1.807) is 17.1 Å². The average molecular weight is 458 g/mol. The Morgan fingerprint density at radius 2 is 1.97 bits per heavy atom. The Morgan fingerprint density at radius 3 is 2.74 bits per heavy atom. The third-order valence-corrected chi connectivity index (χ3v) is 5.01. The van der Waals surface area contributed by atoms with Gasteiger partial charge in [-0.05, 0) is 30.3 Å². The van der Waals surface area contributed by atoms with Crippen LogP contribution in [0.25, 0.3) is 0 Å². The van der Waals surface area contributed by atoms with Crippen molar-refractivity contribution >= 4 is 40.6 Å². The summed E-state index contributed by atoms with van der Waals surface area (Å²) in [5.41, 5.74) is 1.12. The molecule has 31 heavy (non-hydrogen) atoms. The first kappa shape index (κ1) is 20.8. The predicted molar refractivity (Wildman–Crippen MR) is 114 cm³/mol. The molecule has 0 atom stereocenters. The van der Waals surface area contributed by atoms with Crippen LogP contribution in [0.5, 0.6) is 0 Å². The van der Waals surface area contributed by atoms with E-state index < -0.39 is 17.5 Å². The second-order valence-corrected chi connectivity index (χ2v) is 7.37. The Bertz CT molecular complexity index is 1270. The highest BCUT2D eigenvalue weighted by atomic mass is 35.5. The molecule has 0 saturated carbocycles. The maximum atomic E-state index is 14.3. The number of anilines is 1. The fourth-order valence-corrected chi connectivity index (χ4v) is 3.30. The molecule has 7 nitrogen and oxygen atoms in total. The second kappa shape index (κ2) is 8.71. The van der Waals surface area contributed by atoms with Gasteiger partial charge in [-0.25, -0.2) is 4.39 Å². The lowest BCUT2D eigenvalue weighted by Crippen LogP contribution is -2.12. The topological polar surface area (TPSA) is 92.7 Å². The number of rotatable bonds is 6. The second-order valence-electron chi connectivity index (χ2n) is 6.55. The summed E-state index contributed by atoms with van der Waals surface area (Å²) in [5, 5.41) is 6.58. The number of ketones is 1. The highest BCUT2D eigenvalue weighted by Crippen LogP contribution is 2.28. The van der Waals surface area contributed by atoms with Gasteiger partial charge in [0.05, 0.1) is 39.7 Å². The zero-order valence-electron chi connectivity index (χ0n) is 15.8. The van der Waals surface area contributed by atoms with E-state index in [2.05, 4.69) is 20.4 Å². The van der Waals surface area contributed by atoms with E-state index >= 15 is 0 Å². The number of nitrogens with one attached hydrogen (secondary N) is 2. The zero-order chi connectivity index (χ0) is 22.0. The minimum Gasteiger partial charge on any atom is -0.356 e. The fraction of sp³-hybridized carbons (Fsp3) is 0.0476. The summed E-state index contributed by atoms with van der Waals surface area (Å²) in [6, 6.07) is 9.48. The number of H-pyrrole nitrogens is 1. The summed E-state index contributed by atoms with van der Waals surface area (Å²) in [6.07, 6.45) is 6.14. The molecule has 1 amide bonds. The zero-order valence-corrected chi connectivity index (χ0v) is 17.3. The molecule has 3 aromatic heterocycles. The average Bonchev–Trinajstić information content (AvgIpc) is 3.42. The maximum absolute atomic E-state index is 14.3. The van der Waals surface area contributed by atoms with Crippen molar-refractivity contribution < 1.29 is 14.0 Å². The van der Waals surface area contributed by atoms with Gasteiger partial charge in [-0.3, -0.25) is 19.3 Å². The van der Waals surface area contributed by atoms with E-state index in [0.717, 1.165) is 5.69 Å². The molecule has 0 saturated heterocycles. The first-order valence-corrected chi connectivity index (χ1v) is 9.78. The Kier molecular flexibility index (Phi) is 5.83. The molecule has 4 aromatic rings. The highest BCUT2D eigenvalue weighted by molar-refractivity contribution is 6.37. The number of benzene rings is 1. The van der Waals surface area contributed by atoms with Crippen molar-refractivity contribution in [2.24, 2.45) is 0 Å². The van der Waals surface area contributed by atoms with E-state index in [-0.39, 0.29) is 26.9 Å². The summed E-state index contributed by atoms with van der Waals surface area (Å²) < 4.78 is 15.9. The van der Waals surface area contributed by atoms with Gasteiger partial charge in [-0.2, -0.15) is 5.10 Å². The van der Waals surface area contributed by atoms with Crippen LogP contribution in [0, 0.1) is 5.82 Å². The first-order valence-electron chi connectivity index (χ1n) is 9.02. The highest BCUT2D eigenvalue weighted by Gasteiger charge is 2.22. The Balaban J connectivity index is 1.47. The van der Waals surface area contributed by atoms with Crippen molar-refractivity contribution in [1.29, 1.82) is 0 Å². The summed E-state index contributed by atoms with van der Waals surface area (Å²) in [4.78, 5) is 32.1. The van der Waals surface area contributed by atoms with Crippen molar-refractivity contribution in [3.63, 3.8) is 0 Å². The third-order valence-electron chi connectivity index (χ3n) is 4.40. The van der Waals surface area contributed by atoms with E-state index in [1.165, 1.54) is 30.6 Å². The first-order chi connectivity index (χ1) is 14.9. The number of aromatic amines is 1. The quantitative estimate of drug-likeness (QED) is 0.327. The molecule has 4 rings (SSSR count). The predicted octanol–water partition coefficient (Wildman–Crippen LogP) is 4.58. The molecule has 0 spiro atoms. The van der Waals surface area contributed by atoms with Crippen LogP contribution in [0.3, 0.4) is 0 Å². The van der Waals surface area contributed by atoms with Crippen molar-refractivity contribution in [2.45, 2.75) is 6.54 Å². The Morgan fingerprint density at radius 1 is 1.16 bits per heavy atom. The number of carbonyl (C=O) groups excluding carboxylic acids is 2. The number of hydrogen-bond acceptors (Lipinski definition) is 4. The smallest absolute Gasteiger partial charge is 0.272 e. The van der Waals surface area contributed by atoms with Crippen LogP contribution < -0.4 is 5.32 Å². The molecule has 1 aromatic carbocycles. The molecule has 0 aliphatic carbocycles. The summed E-state index contributed by atoms with van der Waals surface area (Å²) in [6.45, 7) is 0.448. The number of pyridine rings is 1. The van der Waals surface area contributed by atoms with Crippen LogP contribution in [0.4, 0.5) is 10.1 Å². The molecule has 156 valence electrons. The molecular formula is C21H14Cl2FN5O2. The largest absolute Gasteiger partial charge is 0.356 e. The van der Waals surface area contributed by atoms with Gasteiger partial charge >= 0.3 is 0 Å². The minimum atomic E-state index is -0.910. The van der Waals surface area contributed by atoms with Gasteiger partial charge in [0.15, 0.2) is 11.6 Å². The van der Waals surface area contributed by atoms with E-state index in [0.29, 0.717) is 12.2 Å². The van der Waals surface area contributed by atoms with Crippen LogP contribution in [-0.4, -0.2) is 31.4 Å². The molecule has 0 fully saturated rings. The van der Waals surface area contributed by atoms with Gasteiger partial charge in [0.25, 0.3) is 5.91 Å². The number of nitrogens with zero attached hydrogens (tertiary/aromatic N) is 3. The molecular weight excluding hydrogens is 444 g/mol. The Hall–Kier alpha value is -3.49. The molecule has 0 aliphatic rings. The Labute approximate surface area is 185 Å². The molecule has 0 radical (unpaired) electrons. The third kappa shape index (κ3) is 4.50. The van der Waals surface area contributed by atoms with Gasteiger partial charge in [0.2, 0.25) is 0 Å². The van der Waals surface area contributed by atoms with Crippen molar-refractivity contribution in [3.05, 3.63) is 99.6 Å². The summed E-state index contributed by atoms with van der Waals surface area (Å²) in [5.74, 6) is -2.09. The standard InChI is InChI=1S/C21H14Cl2FN5O2/c22-15-4-5-16(23)19(24)18(15)20(30)12-7-17(26-8-12)21(31)28-14-9-27-29(11-14)10-13-3-1-2-6-25-13/h1-9,11,26H,10H2,(H,28,31). The van der Waals surface area contributed by atoms with Gasteiger partial charge in [0.1, 0.15) is 5.69 Å². The van der Waals surface area contributed by atoms with E-state index in [9.17, 15) is 14.0 Å². The molecule has 0 bridgehead atoms. The normalized spacial score (nSPS) is 10.8. The molecule has 2 N–H and O–H groups in total. The van der Waals surface area contributed by atoms with E-state index in [4.69, 9.17) is 23.2 Å². The monoisotopic (exact) mass is 457 g/mol. The van der Waals surface area contributed by atoms with Gasteiger partial charge < -0.3 is 10.3 Å². The number of halogens is 3. The van der Waals surface area contributed by atoms with Crippen LogP contribution >= 0.6 is 23.2 Å². The van der Waals surface area contributed by atoms with Crippen LogP contribution in [-0.2, 0) is 6.54 Å². The number of aromatic nitrogens is 4. The maximum Gasteiger partial charge on any atom is 0.272 e. The van der Waals surface area contributed by atoms with Gasteiger partial charge in [0, 0.05) is 24.2 Å². The fourth-order valence-electron chi connectivity index (χ4n) is 2.91. The number of hydrogen-bond donors (Lipinski definition) is 2. The summed E-state index contributed by atoms with van der Waals surface area (Å²) >= 11 is 11.7. The van der Waals surface area contributed by atoms with E-state index in [1.807, 2.05) is 18.2 Å². The molecule has 10 heteroatoms. The lowest BCUT2D eigenvalue weighted by atomic mass is 10.0. The lowest BCUT2D eigenvalue weighted by Gasteiger charge is -2.05. The van der Waals surface area contributed by atoms with Gasteiger partial charge in [-0.15, -0.1) is 0 Å². The van der Waals surface area contributed by atoms with Crippen molar-refractivity contribution in [1.82, 2.24) is 19.7 Å². The van der Waals surface area contributed by atoms with Crippen molar-refractivity contribution in [2.75, 3.05) is 5.32 Å². The number of carbonyl (C=O) groups is 2. The van der Waals surface area contributed by atoms with Crippen LogP contribution in [0.1, 0.15) is 32.1 Å². The lowest BCUT2D eigenvalue weighted by molar-refractivity contribution is 0.102. The van der Waals surface area contributed by atoms with Crippen LogP contribution in [0.15, 0.2) is 61.2 Å².